The van der Waals surface area contributed by atoms with Crippen molar-refractivity contribution < 1.29 is 4.79 Å². The second kappa shape index (κ2) is 7.00. The van der Waals surface area contributed by atoms with Crippen LogP contribution in [0.1, 0.15) is 32.3 Å². The van der Waals surface area contributed by atoms with Gasteiger partial charge < -0.3 is 4.90 Å². The van der Waals surface area contributed by atoms with E-state index < -0.39 is 0 Å². The van der Waals surface area contributed by atoms with Gasteiger partial charge in [-0.25, -0.2) is 4.98 Å². The summed E-state index contributed by atoms with van der Waals surface area (Å²) in [4.78, 5) is 23.4. The first-order chi connectivity index (χ1) is 12.6. The average molecular weight is 363 g/mol. The van der Waals surface area contributed by atoms with E-state index in [4.69, 9.17) is 4.98 Å². The van der Waals surface area contributed by atoms with E-state index in [0.717, 1.165) is 40.4 Å². The van der Waals surface area contributed by atoms with Crippen molar-refractivity contribution in [3.8, 4) is 21.8 Å². The van der Waals surface area contributed by atoms with Gasteiger partial charge in [0.25, 0.3) is 0 Å². The highest BCUT2D eigenvalue weighted by atomic mass is 32.1. The Morgan fingerprint density at radius 3 is 2.65 bits per heavy atom. The number of nitrogens with zero attached hydrogens (tertiary/aromatic N) is 3. The predicted octanol–water partition coefficient (Wildman–Crippen LogP) is 4.95. The number of carbonyl (C=O) groups is 1. The fraction of sp³-hybridized carbons (Fsp3) is 0.286. The third-order valence-corrected chi connectivity index (χ3v) is 5.59. The molecule has 0 saturated carbocycles. The molecule has 0 aliphatic carbocycles. The van der Waals surface area contributed by atoms with Crippen molar-refractivity contribution in [2.24, 2.45) is 0 Å². The molecule has 2 aromatic heterocycles. The van der Waals surface area contributed by atoms with Gasteiger partial charge in [0.2, 0.25) is 5.91 Å². The Labute approximate surface area is 157 Å². The van der Waals surface area contributed by atoms with Crippen LogP contribution in [0.4, 0.5) is 5.69 Å². The van der Waals surface area contributed by atoms with Crippen LogP contribution in [-0.2, 0) is 11.2 Å². The van der Waals surface area contributed by atoms with Crippen molar-refractivity contribution in [1.82, 2.24) is 9.97 Å². The van der Waals surface area contributed by atoms with Gasteiger partial charge in [-0.05, 0) is 50.5 Å². The summed E-state index contributed by atoms with van der Waals surface area (Å²) in [6.07, 6.45) is 6.04. The van der Waals surface area contributed by atoms with Gasteiger partial charge in [0.15, 0.2) is 0 Å². The first-order valence-electron chi connectivity index (χ1n) is 8.95. The smallest absolute Gasteiger partial charge is 0.227 e. The van der Waals surface area contributed by atoms with Gasteiger partial charge >= 0.3 is 0 Å². The molecule has 0 radical (unpaired) electrons. The summed E-state index contributed by atoms with van der Waals surface area (Å²) in [5, 5.41) is 3.06. The fourth-order valence-corrected chi connectivity index (χ4v) is 4.28. The van der Waals surface area contributed by atoms with E-state index in [1.807, 2.05) is 17.0 Å². The zero-order valence-corrected chi connectivity index (χ0v) is 15.8. The van der Waals surface area contributed by atoms with Crippen LogP contribution in [0, 0.1) is 0 Å². The number of thiazole rings is 1. The molecule has 1 aromatic carbocycles. The number of hydrogen-bond donors (Lipinski definition) is 0. The van der Waals surface area contributed by atoms with Gasteiger partial charge in [-0.15, -0.1) is 11.3 Å². The minimum Gasteiger partial charge on any atom is -0.310 e. The van der Waals surface area contributed by atoms with Crippen LogP contribution in [0.5, 0.6) is 0 Å². The lowest BCUT2D eigenvalue weighted by molar-refractivity contribution is -0.118. The summed E-state index contributed by atoms with van der Waals surface area (Å²) in [6, 6.07) is 10.5. The summed E-state index contributed by atoms with van der Waals surface area (Å²) in [5.41, 5.74) is 5.37. The molecule has 4 rings (SSSR count). The van der Waals surface area contributed by atoms with Gasteiger partial charge in [0.05, 0.1) is 5.69 Å². The van der Waals surface area contributed by atoms with Crippen LogP contribution < -0.4 is 4.90 Å². The molecule has 0 spiro atoms. The summed E-state index contributed by atoms with van der Waals surface area (Å²) in [6.45, 7) is 4.15. The first kappa shape index (κ1) is 16.9. The number of pyridine rings is 1. The van der Waals surface area contributed by atoms with Crippen molar-refractivity contribution in [2.45, 2.75) is 39.2 Å². The minimum atomic E-state index is 0.150. The normalized spacial score (nSPS) is 14.4. The van der Waals surface area contributed by atoms with Crippen LogP contribution in [0.15, 0.2) is 48.1 Å². The third-order valence-electron chi connectivity index (χ3n) is 4.69. The molecule has 3 heterocycles. The van der Waals surface area contributed by atoms with Crippen molar-refractivity contribution >= 4 is 22.9 Å². The number of aromatic nitrogens is 2. The number of anilines is 1. The number of fused-ring (bicyclic) bond motifs is 1. The zero-order valence-electron chi connectivity index (χ0n) is 15.0. The number of rotatable bonds is 3. The molecule has 5 heteroatoms. The second-order valence-corrected chi connectivity index (χ2v) is 7.69. The SMILES string of the molecule is CC(C)N1C(=O)CCCc2ccc(-c3csc(-c4ccncc4)n3)cc21. The molecule has 0 N–H and O–H groups in total. The lowest BCUT2D eigenvalue weighted by Gasteiger charge is -2.27. The van der Waals surface area contributed by atoms with Gasteiger partial charge in [0.1, 0.15) is 5.01 Å². The van der Waals surface area contributed by atoms with Crippen LogP contribution in [-0.4, -0.2) is 21.9 Å². The first-order valence-corrected chi connectivity index (χ1v) is 9.83. The van der Waals surface area contributed by atoms with E-state index in [9.17, 15) is 4.79 Å². The standard InChI is InChI=1S/C21H21N3OS/c1-14(2)24-19-12-17(7-6-15(19)4-3-5-20(24)25)18-13-26-21(23-18)16-8-10-22-11-9-16/h6-14H,3-5H2,1-2H3. The maximum atomic E-state index is 12.6. The largest absolute Gasteiger partial charge is 0.310 e. The Hall–Kier alpha value is -2.53. The molecular formula is C21H21N3OS. The van der Waals surface area contributed by atoms with Crippen LogP contribution in [0.25, 0.3) is 21.8 Å². The highest BCUT2D eigenvalue weighted by Crippen LogP contribution is 2.35. The van der Waals surface area contributed by atoms with Crippen LogP contribution in [0.2, 0.25) is 0 Å². The number of aryl methyl sites for hydroxylation is 1. The van der Waals surface area contributed by atoms with Gasteiger partial charge in [-0.2, -0.15) is 0 Å². The van der Waals surface area contributed by atoms with E-state index >= 15 is 0 Å². The molecule has 1 aliphatic heterocycles. The summed E-state index contributed by atoms with van der Waals surface area (Å²) >= 11 is 1.63. The number of carbonyl (C=O) groups excluding carboxylic acids is 1. The summed E-state index contributed by atoms with van der Waals surface area (Å²) < 4.78 is 0. The summed E-state index contributed by atoms with van der Waals surface area (Å²) in [5.74, 6) is 0.214. The van der Waals surface area contributed by atoms with E-state index in [2.05, 4.69) is 42.4 Å². The van der Waals surface area contributed by atoms with E-state index in [1.54, 1.807) is 23.7 Å². The lowest BCUT2D eigenvalue weighted by Crippen LogP contribution is -2.36. The molecule has 132 valence electrons. The third kappa shape index (κ3) is 3.15. The topological polar surface area (TPSA) is 46.1 Å². The average Bonchev–Trinajstić information content (AvgIpc) is 3.07. The lowest BCUT2D eigenvalue weighted by atomic mass is 10.0. The Balaban J connectivity index is 1.74. The van der Waals surface area contributed by atoms with Gasteiger partial charge in [0, 0.05) is 47.1 Å². The molecule has 0 saturated heterocycles. The predicted molar refractivity (Wildman–Crippen MR) is 106 cm³/mol. The minimum absolute atomic E-state index is 0.150. The van der Waals surface area contributed by atoms with E-state index in [-0.39, 0.29) is 11.9 Å². The highest BCUT2D eigenvalue weighted by molar-refractivity contribution is 7.13. The Morgan fingerprint density at radius 2 is 1.88 bits per heavy atom. The Morgan fingerprint density at radius 1 is 1.08 bits per heavy atom. The number of benzene rings is 1. The van der Waals surface area contributed by atoms with Crippen LogP contribution >= 0.6 is 11.3 Å². The zero-order chi connectivity index (χ0) is 18.1. The van der Waals surface area contributed by atoms with Crippen molar-refractivity contribution in [3.05, 3.63) is 53.7 Å². The molecule has 0 bridgehead atoms. The highest BCUT2D eigenvalue weighted by Gasteiger charge is 2.25. The maximum Gasteiger partial charge on any atom is 0.227 e. The molecule has 4 nitrogen and oxygen atoms in total. The van der Waals surface area contributed by atoms with Crippen LogP contribution in [0.3, 0.4) is 0 Å². The number of amides is 1. The molecule has 0 fully saturated rings. The molecule has 0 unspecified atom stereocenters. The molecule has 26 heavy (non-hydrogen) atoms. The monoisotopic (exact) mass is 363 g/mol. The fourth-order valence-electron chi connectivity index (χ4n) is 3.44. The van der Waals surface area contributed by atoms with E-state index in [1.165, 1.54) is 5.56 Å². The maximum absolute atomic E-state index is 12.6. The second-order valence-electron chi connectivity index (χ2n) is 6.83. The molecule has 1 aliphatic rings. The Bertz CT molecular complexity index is 933. The molecule has 1 amide bonds. The van der Waals surface area contributed by atoms with Gasteiger partial charge in [-0.1, -0.05) is 12.1 Å². The van der Waals surface area contributed by atoms with Crippen molar-refractivity contribution in [2.75, 3.05) is 4.90 Å². The number of hydrogen-bond acceptors (Lipinski definition) is 4. The van der Waals surface area contributed by atoms with E-state index in [0.29, 0.717) is 6.42 Å². The Kier molecular flexibility index (Phi) is 4.55. The van der Waals surface area contributed by atoms with Gasteiger partial charge in [-0.3, -0.25) is 9.78 Å². The quantitative estimate of drug-likeness (QED) is 0.661. The van der Waals surface area contributed by atoms with Crippen molar-refractivity contribution in [3.63, 3.8) is 0 Å². The molecule has 0 atom stereocenters. The molecule has 3 aromatic rings. The van der Waals surface area contributed by atoms with Crippen molar-refractivity contribution in [1.29, 1.82) is 0 Å². The summed E-state index contributed by atoms with van der Waals surface area (Å²) in [7, 11) is 0. The molecular weight excluding hydrogens is 342 g/mol.